The minimum absolute atomic E-state index is 0.163. The van der Waals surface area contributed by atoms with Gasteiger partial charge in [0.05, 0.1) is 11.7 Å². The molecule has 19 heavy (non-hydrogen) atoms. The minimum Gasteiger partial charge on any atom is -0.326 e. The van der Waals surface area contributed by atoms with E-state index < -0.39 is 0 Å². The maximum atomic E-state index is 6.38. The third-order valence-electron chi connectivity index (χ3n) is 4.63. The maximum absolute atomic E-state index is 6.38. The van der Waals surface area contributed by atoms with Gasteiger partial charge in [0.2, 0.25) is 0 Å². The van der Waals surface area contributed by atoms with Gasteiger partial charge >= 0.3 is 0 Å². The SMILES string of the molecule is CCC(N)C(c1ccccn1)N1CCC(C)C(C)C1. The number of pyridine rings is 1. The smallest absolute Gasteiger partial charge is 0.0673 e. The third-order valence-corrected chi connectivity index (χ3v) is 4.63. The summed E-state index contributed by atoms with van der Waals surface area (Å²) in [6.45, 7) is 9.15. The van der Waals surface area contributed by atoms with Crippen molar-refractivity contribution < 1.29 is 0 Å². The van der Waals surface area contributed by atoms with Gasteiger partial charge in [0.1, 0.15) is 0 Å². The van der Waals surface area contributed by atoms with Crippen molar-refractivity contribution in [1.82, 2.24) is 9.88 Å². The van der Waals surface area contributed by atoms with Gasteiger partial charge in [0.15, 0.2) is 0 Å². The molecule has 3 heteroatoms. The first-order valence-corrected chi connectivity index (χ1v) is 7.54. The molecular formula is C16H27N3. The van der Waals surface area contributed by atoms with Gasteiger partial charge in [-0.1, -0.05) is 26.8 Å². The Bertz CT molecular complexity index is 379. The number of hydrogen-bond acceptors (Lipinski definition) is 3. The monoisotopic (exact) mass is 261 g/mol. The second-order valence-corrected chi connectivity index (χ2v) is 6.01. The third kappa shape index (κ3) is 3.34. The van der Waals surface area contributed by atoms with Gasteiger partial charge in [-0.3, -0.25) is 9.88 Å². The first-order valence-electron chi connectivity index (χ1n) is 7.54. The molecule has 0 aromatic carbocycles. The molecule has 106 valence electrons. The Balaban J connectivity index is 2.19. The number of nitrogens with zero attached hydrogens (tertiary/aromatic N) is 2. The second-order valence-electron chi connectivity index (χ2n) is 6.01. The summed E-state index contributed by atoms with van der Waals surface area (Å²) >= 11 is 0. The van der Waals surface area contributed by atoms with Crippen LogP contribution >= 0.6 is 0 Å². The summed E-state index contributed by atoms with van der Waals surface area (Å²) in [6, 6.07) is 6.58. The standard InChI is InChI=1S/C16H27N3/c1-4-14(17)16(15-7-5-6-9-18-15)19-10-8-12(2)13(3)11-19/h5-7,9,12-14,16H,4,8,10-11,17H2,1-3H3. The van der Waals surface area contributed by atoms with Crippen molar-refractivity contribution in [3.8, 4) is 0 Å². The molecule has 1 aromatic heterocycles. The fraction of sp³-hybridized carbons (Fsp3) is 0.688. The molecule has 0 amide bonds. The molecule has 0 radical (unpaired) electrons. The molecule has 4 atom stereocenters. The lowest BCUT2D eigenvalue weighted by Gasteiger charge is -2.42. The van der Waals surface area contributed by atoms with Crippen molar-refractivity contribution >= 4 is 0 Å². The first-order chi connectivity index (χ1) is 9.13. The highest BCUT2D eigenvalue weighted by atomic mass is 15.2. The number of hydrogen-bond donors (Lipinski definition) is 1. The van der Waals surface area contributed by atoms with E-state index in [1.54, 1.807) is 0 Å². The van der Waals surface area contributed by atoms with Gasteiger partial charge in [-0.2, -0.15) is 0 Å². The molecule has 1 aliphatic heterocycles. The molecule has 0 saturated carbocycles. The van der Waals surface area contributed by atoms with Crippen molar-refractivity contribution in [2.75, 3.05) is 13.1 Å². The van der Waals surface area contributed by atoms with E-state index in [0.29, 0.717) is 0 Å². The molecule has 4 unspecified atom stereocenters. The predicted molar refractivity (Wildman–Crippen MR) is 79.8 cm³/mol. The Morgan fingerprint density at radius 3 is 2.74 bits per heavy atom. The van der Waals surface area contributed by atoms with Crippen LogP contribution in [0.25, 0.3) is 0 Å². The molecule has 3 nitrogen and oxygen atoms in total. The molecule has 0 aliphatic carbocycles. The van der Waals surface area contributed by atoms with Crippen molar-refractivity contribution in [3.05, 3.63) is 30.1 Å². The molecule has 0 bridgehead atoms. The number of aromatic nitrogens is 1. The molecule has 2 heterocycles. The molecule has 1 saturated heterocycles. The Morgan fingerprint density at radius 2 is 2.16 bits per heavy atom. The van der Waals surface area contributed by atoms with Gasteiger partial charge < -0.3 is 5.73 Å². The second kappa shape index (κ2) is 6.49. The zero-order chi connectivity index (χ0) is 13.8. The van der Waals surface area contributed by atoms with Crippen LogP contribution in [-0.4, -0.2) is 29.0 Å². The highest BCUT2D eigenvalue weighted by molar-refractivity contribution is 5.12. The van der Waals surface area contributed by atoms with E-state index in [-0.39, 0.29) is 12.1 Å². The van der Waals surface area contributed by atoms with E-state index in [9.17, 15) is 0 Å². The molecule has 2 N–H and O–H groups in total. The summed E-state index contributed by atoms with van der Waals surface area (Å²) in [5, 5.41) is 0. The summed E-state index contributed by atoms with van der Waals surface area (Å²) in [5.41, 5.74) is 7.50. The summed E-state index contributed by atoms with van der Waals surface area (Å²) in [4.78, 5) is 7.09. The van der Waals surface area contributed by atoms with Crippen molar-refractivity contribution in [3.63, 3.8) is 0 Å². The normalized spacial score (nSPS) is 28.0. The molecule has 1 aliphatic rings. The Hall–Kier alpha value is -0.930. The molecular weight excluding hydrogens is 234 g/mol. The summed E-state index contributed by atoms with van der Waals surface area (Å²) in [7, 11) is 0. The van der Waals surface area contributed by atoms with Gasteiger partial charge in [-0.05, 0) is 43.4 Å². The first kappa shape index (κ1) is 14.5. The van der Waals surface area contributed by atoms with Crippen molar-refractivity contribution in [2.24, 2.45) is 17.6 Å². The van der Waals surface area contributed by atoms with E-state index in [2.05, 4.69) is 42.8 Å². The Morgan fingerprint density at radius 1 is 1.37 bits per heavy atom. The van der Waals surface area contributed by atoms with E-state index in [1.165, 1.54) is 6.42 Å². The van der Waals surface area contributed by atoms with Gasteiger partial charge in [0, 0.05) is 18.8 Å². The van der Waals surface area contributed by atoms with Crippen LogP contribution < -0.4 is 5.73 Å². The van der Waals surface area contributed by atoms with Gasteiger partial charge in [-0.25, -0.2) is 0 Å². The lowest BCUT2D eigenvalue weighted by Crippen LogP contribution is -2.47. The van der Waals surface area contributed by atoms with E-state index in [4.69, 9.17) is 5.73 Å². The summed E-state index contributed by atoms with van der Waals surface area (Å²) in [6.07, 6.45) is 4.13. The van der Waals surface area contributed by atoms with Crippen LogP contribution in [-0.2, 0) is 0 Å². The minimum atomic E-state index is 0.163. The van der Waals surface area contributed by atoms with Crippen molar-refractivity contribution in [1.29, 1.82) is 0 Å². The largest absolute Gasteiger partial charge is 0.326 e. The fourth-order valence-corrected chi connectivity index (χ4v) is 3.00. The van der Waals surface area contributed by atoms with Crippen molar-refractivity contribution in [2.45, 2.75) is 45.7 Å². The summed E-state index contributed by atoms with van der Waals surface area (Å²) in [5.74, 6) is 1.56. The fourth-order valence-electron chi connectivity index (χ4n) is 3.00. The number of rotatable bonds is 4. The van der Waals surface area contributed by atoms with Crippen LogP contribution in [0.1, 0.15) is 45.3 Å². The van der Waals surface area contributed by atoms with Gasteiger partial charge in [-0.15, -0.1) is 0 Å². The van der Waals surface area contributed by atoms with Crippen LogP contribution in [0.2, 0.25) is 0 Å². The van der Waals surface area contributed by atoms with Gasteiger partial charge in [0.25, 0.3) is 0 Å². The molecule has 2 rings (SSSR count). The summed E-state index contributed by atoms with van der Waals surface area (Å²) < 4.78 is 0. The lowest BCUT2D eigenvalue weighted by molar-refractivity contribution is 0.0796. The van der Waals surface area contributed by atoms with E-state index in [0.717, 1.165) is 37.0 Å². The zero-order valence-corrected chi connectivity index (χ0v) is 12.4. The predicted octanol–water partition coefficient (Wildman–Crippen LogP) is 2.84. The Labute approximate surface area is 117 Å². The number of likely N-dealkylation sites (tertiary alicyclic amines) is 1. The van der Waals surface area contributed by atoms with Crippen LogP contribution in [0.5, 0.6) is 0 Å². The van der Waals surface area contributed by atoms with Crippen LogP contribution in [0, 0.1) is 11.8 Å². The topological polar surface area (TPSA) is 42.1 Å². The lowest BCUT2D eigenvalue weighted by atomic mass is 9.86. The molecule has 0 spiro atoms. The van der Waals surface area contributed by atoms with E-state index in [1.807, 2.05) is 12.3 Å². The highest BCUT2D eigenvalue weighted by Gasteiger charge is 2.32. The highest BCUT2D eigenvalue weighted by Crippen LogP contribution is 2.31. The molecule has 1 fully saturated rings. The Kier molecular flexibility index (Phi) is 4.94. The zero-order valence-electron chi connectivity index (χ0n) is 12.4. The average molecular weight is 261 g/mol. The maximum Gasteiger partial charge on any atom is 0.0673 e. The number of piperidine rings is 1. The van der Waals surface area contributed by atoms with Crippen LogP contribution in [0.15, 0.2) is 24.4 Å². The van der Waals surface area contributed by atoms with Crippen LogP contribution in [0.4, 0.5) is 0 Å². The average Bonchev–Trinajstić information content (AvgIpc) is 2.44. The molecule has 1 aromatic rings. The quantitative estimate of drug-likeness (QED) is 0.906. The van der Waals surface area contributed by atoms with E-state index >= 15 is 0 Å². The van der Waals surface area contributed by atoms with Crippen LogP contribution in [0.3, 0.4) is 0 Å². The number of nitrogens with two attached hydrogens (primary N) is 1.